The largest absolute Gasteiger partial charge is 0.461 e. The predicted octanol–water partition coefficient (Wildman–Crippen LogP) is 1.70. The lowest BCUT2D eigenvalue weighted by molar-refractivity contribution is -0.134. The number of anilines is 1. The fourth-order valence-corrected chi connectivity index (χ4v) is 6.25. The molecule has 1 unspecified atom stereocenters. The Hall–Kier alpha value is -2.85. The summed E-state index contributed by atoms with van der Waals surface area (Å²) in [5.41, 5.74) is 1.28. The van der Waals surface area contributed by atoms with Gasteiger partial charge in [0.05, 0.1) is 6.61 Å². The summed E-state index contributed by atoms with van der Waals surface area (Å²) in [6.07, 6.45) is 2.52. The average molecular weight is 475 g/mol. The molecule has 0 saturated carbocycles. The number of carbonyl (C=O) groups excluding carboxylic acids is 2. The van der Waals surface area contributed by atoms with Gasteiger partial charge < -0.3 is 19.1 Å². The third-order valence-corrected chi connectivity index (χ3v) is 8.15. The Labute approximate surface area is 194 Å². The molecule has 4 rings (SSSR count). The molecular weight excluding hydrogens is 444 g/mol. The number of para-hydroxylation sites is 1. The average Bonchev–Trinajstić information content (AvgIpc) is 3.47. The molecule has 1 aromatic carbocycles. The summed E-state index contributed by atoms with van der Waals surface area (Å²) in [6.45, 7) is 4.69. The lowest BCUT2D eigenvalue weighted by Gasteiger charge is -2.38. The molecule has 1 aromatic heterocycles. The van der Waals surface area contributed by atoms with Crippen LogP contribution in [0.25, 0.3) is 0 Å². The normalized spacial score (nSPS) is 19.6. The number of esters is 1. The molecule has 3 heterocycles. The monoisotopic (exact) mass is 474 g/mol. The Bertz CT molecular complexity index is 1110. The van der Waals surface area contributed by atoms with E-state index >= 15 is 0 Å². The zero-order chi connectivity index (χ0) is 23.6. The standard InChI is InChI=1S/C23H30N4O5S/c1-3-32-23(29)21-16-19(17-24(21)2)33(30,31)27-11-7-10-20(27)22(28)26-14-12-25(13-15-26)18-8-5-4-6-9-18/h4-6,8-9,16-17,20H,3,7,10-15H2,1-2H3. The summed E-state index contributed by atoms with van der Waals surface area (Å²) >= 11 is 0. The van der Waals surface area contributed by atoms with E-state index in [2.05, 4.69) is 4.90 Å². The van der Waals surface area contributed by atoms with Crippen molar-refractivity contribution in [3.05, 3.63) is 48.3 Å². The highest BCUT2D eigenvalue weighted by molar-refractivity contribution is 7.89. The summed E-state index contributed by atoms with van der Waals surface area (Å²) in [6, 6.07) is 10.7. The van der Waals surface area contributed by atoms with E-state index in [1.807, 2.05) is 30.3 Å². The molecular formula is C23H30N4O5S. The number of rotatable bonds is 6. The first kappa shape index (κ1) is 23.3. The molecule has 10 heteroatoms. The van der Waals surface area contributed by atoms with E-state index in [0.29, 0.717) is 39.0 Å². The Kier molecular flexibility index (Phi) is 6.76. The molecule has 1 atom stereocenters. The van der Waals surface area contributed by atoms with Gasteiger partial charge in [-0.3, -0.25) is 4.79 Å². The quantitative estimate of drug-likeness (QED) is 0.592. The summed E-state index contributed by atoms with van der Waals surface area (Å²) in [7, 11) is -2.33. The molecule has 2 aliphatic rings. The second-order valence-electron chi connectivity index (χ2n) is 8.31. The maximum atomic E-state index is 13.4. The molecule has 0 bridgehead atoms. The van der Waals surface area contributed by atoms with Gasteiger partial charge >= 0.3 is 5.97 Å². The summed E-state index contributed by atoms with van der Waals surface area (Å²) in [4.78, 5) is 29.4. The first-order valence-corrected chi connectivity index (χ1v) is 12.7. The van der Waals surface area contributed by atoms with Crippen LogP contribution >= 0.6 is 0 Å². The Morgan fingerprint density at radius 1 is 1.06 bits per heavy atom. The lowest BCUT2D eigenvalue weighted by Crippen LogP contribution is -2.54. The van der Waals surface area contributed by atoms with Gasteiger partial charge in [0.25, 0.3) is 0 Å². The molecule has 2 fully saturated rings. The maximum Gasteiger partial charge on any atom is 0.354 e. The number of hydrogen-bond acceptors (Lipinski definition) is 6. The Morgan fingerprint density at radius 2 is 1.76 bits per heavy atom. The van der Waals surface area contributed by atoms with Gasteiger partial charge in [-0.2, -0.15) is 4.31 Å². The molecule has 2 saturated heterocycles. The second kappa shape index (κ2) is 9.56. The molecule has 0 spiro atoms. The highest BCUT2D eigenvalue weighted by atomic mass is 32.2. The van der Waals surface area contributed by atoms with Crippen molar-refractivity contribution in [1.82, 2.24) is 13.8 Å². The number of amides is 1. The third kappa shape index (κ3) is 4.63. The van der Waals surface area contributed by atoms with Crippen LogP contribution in [0, 0.1) is 0 Å². The van der Waals surface area contributed by atoms with E-state index in [9.17, 15) is 18.0 Å². The van der Waals surface area contributed by atoms with Crippen LogP contribution in [0.15, 0.2) is 47.5 Å². The van der Waals surface area contributed by atoms with Crippen molar-refractivity contribution >= 4 is 27.6 Å². The number of ether oxygens (including phenoxy) is 1. The molecule has 1 amide bonds. The van der Waals surface area contributed by atoms with Crippen molar-refractivity contribution in [1.29, 1.82) is 0 Å². The first-order valence-electron chi connectivity index (χ1n) is 11.3. The molecule has 178 valence electrons. The van der Waals surface area contributed by atoms with Crippen LogP contribution in [0.5, 0.6) is 0 Å². The molecule has 9 nitrogen and oxygen atoms in total. The van der Waals surface area contributed by atoms with Gasteiger partial charge in [-0.1, -0.05) is 18.2 Å². The van der Waals surface area contributed by atoms with Crippen molar-refractivity contribution in [3.63, 3.8) is 0 Å². The first-order chi connectivity index (χ1) is 15.8. The van der Waals surface area contributed by atoms with E-state index < -0.39 is 22.0 Å². The van der Waals surface area contributed by atoms with Crippen molar-refractivity contribution in [2.75, 3.05) is 44.2 Å². The summed E-state index contributed by atoms with van der Waals surface area (Å²) in [5, 5.41) is 0. The van der Waals surface area contributed by atoms with Crippen molar-refractivity contribution < 1.29 is 22.7 Å². The molecule has 0 N–H and O–H groups in total. The minimum Gasteiger partial charge on any atom is -0.461 e. The maximum absolute atomic E-state index is 13.4. The fraction of sp³-hybridized carbons (Fsp3) is 0.478. The Balaban J connectivity index is 1.47. The smallest absolute Gasteiger partial charge is 0.354 e. The van der Waals surface area contributed by atoms with Crippen molar-refractivity contribution in [2.24, 2.45) is 7.05 Å². The van der Waals surface area contributed by atoms with Crippen LogP contribution in [-0.4, -0.2) is 79.4 Å². The Morgan fingerprint density at radius 3 is 2.42 bits per heavy atom. The van der Waals surface area contributed by atoms with E-state index in [4.69, 9.17) is 4.74 Å². The van der Waals surface area contributed by atoms with Crippen LogP contribution in [0.4, 0.5) is 5.69 Å². The minimum absolute atomic E-state index is 0.00153. The number of nitrogens with zero attached hydrogens (tertiary/aromatic N) is 4. The number of hydrogen-bond donors (Lipinski definition) is 0. The molecule has 0 radical (unpaired) electrons. The lowest BCUT2D eigenvalue weighted by atomic mass is 10.1. The van der Waals surface area contributed by atoms with Crippen molar-refractivity contribution in [2.45, 2.75) is 30.7 Å². The summed E-state index contributed by atoms with van der Waals surface area (Å²) in [5.74, 6) is -0.725. The van der Waals surface area contributed by atoms with Gasteiger partial charge in [0.15, 0.2) is 0 Å². The zero-order valence-corrected chi connectivity index (χ0v) is 19.8. The van der Waals surface area contributed by atoms with Gasteiger partial charge in [-0.25, -0.2) is 13.2 Å². The van der Waals surface area contributed by atoms with Gasteiger partial charge in [0, 0.05) is 51.7 Å². The second-order valence-corrected chi connectivity index (χ2v) is 10.2. The van der Waals surface area contributed by atoms with E-state index in [1.165, 1.54) is 21.1 Å². The molecule has 2 aromatic rings. The van der Waals surface area contributed by atoms with E-state index in [1.54, 1.807) is 18.9 Å². The van der Waals surface area contributed by atoms with E-state index in [0.717, 1.165) is 5.69 Å². The van der Waals surface area contributed by atoms with E-state index in [-0.39, 0.29) is 29.6 Å². The fourth-order valence-electron chi connectivity index (χ4n) is 4.53. The SMILES string of the molecule is CCOC(=O)c1cc(S(=O)(=O)N2CCCC2C(=O)N2CCN(c3ccccc3)CC2)cn1C. The van der Waals surface area contributed by atoms with Crippen LogP contribution < -0.4 is 4.90 Å². The number of carbonyl (C=O) groups is 2. The number of sulfonamides is 1. The minimum atomic E-state index is -3.93. The highest BCUT2D eigenvalue weighted by Gasteiger charge is 2.42. The van der Waals surface area contributed by atoms with Crippen LogP contribution in [0.2, 0.25) is 0 Å². The molecule has 33 heavy (non-hydrogen) atoms. The summed E-state index contributed by atoms with van der Waals surface area (Å²) < 4.78 is 34.5. The number of benzene rings is 1. The van der Waals surface area contributed by atoms with Crippen LogP contribution in [0.1, 0.15) is 30.3 Å². The van der Waals surface area contributed by atoms with Gasteiger partial charge in [-0.05, 0) is 38.0 Å². The predicted molar refractivity (Wildman–Crippen MR) is 124 cm³/mol. The van der Waals surface area contributed by atoms with Crippen LogP contribution in [0.3, 0.4) is 0 Å². The van der Waals surface area contributed by atoms with Crippen LogP contribution in [-0.2, 0) is 26.6 Å². The molecule has 0 aliphatic carbocycles. The zero-order valence-electron chi connectivity index (χ0n) is 19.0. The molecule has 2 aliphatic heterocycles. The topological polar surface area (TPSA) is 92.2 Å². The van der Waals surface area contributed by atoms with Gasteiger partial charge in [-0.15, -0.1) is 0 Å². The number of aromatic nitrogens is 1. The highest BCUT2D eigenvalue weighted by Crippen LogP contribution is 2.29. The van der Waals surface area contributed by atoms with Gasteiger partial charge in [0.1, 0.15) is 16.6 Å². The van der Waals surface area contributed by atoms with Crippen molar-refractivity contribution in [3.8, 4) is 0 Å². The van der Waals surface area contributed by atoms with Gasteiger partial charge in [0.2, 0.25) is 15.9 Å². The number of piperazine rings is 1. The third-order valence-electron chi connectivity index (χ3n) is 6.27. The number of aryl methyl sites for hydroxylation is 1.